The Balaban J connectivity index is 1.57. The van der Waals surface area contributed by atoms with Crippen LogP contribution in [0.25, 0.3) is 0 Å². The number of benzene rings is 2. The van der Waals surface area contributed by atoms with Crippen molar-refractivity contribution in [1.82, 2.24) is 10.2 Å². The molecular weight excluding hydrogens is 384 g/mol. The van der Waals surface area contributed by atoms with Crippen LogP contribution in [0.5, 0.6) is 0 Å². The fourth-order valence-electron chi connectivity index (χ4n) is 3.36. The Morgan fingerprint density at radius 2 is 1.70 bits per heavy atom. The zero-order chi connectivity index (χ0) is 21.7. The van der Waals surface area contributed by atoms with E-state index in [0.717, 1.165) is 23.3 Å². The number of amides is 3. The van der Waals surface area contributed by atoms with Crippen LogP contribution in [-0.4, -0.2) is 41.7 Å². The molecule has 1 atom stereocenters. The van der Waals surface area contributed by atoms with E-state index in [2.05, 4.69) is 12.2 Å². The number of Topliss-reactive ketones (excluding diaryl/α,β-unsaturated/α-hetero) is 1. The quantitative estimate of drug-likeness (QED) is 0.412. The van der Waals surface area contributed by atoms with Crippen molar-refractivity contribution in [3.8, 4) is 0 Å². The molecule has 0 bridgehead atoms. The summed E-state index contributed by atoms with van der Waals surface area (Å²) in [4.78, 5) is 50.3. The van der Waals surface area contributed by atoms with Gasteiger partial charge in [-0.2, -0.15) is 0 Å². The predicted molar refractivity (Wildman–Crippen MR) is 110 cm³/mol. The van der Waals surface area contributed by atoms with E-state index in [4.69, 9.17) is 4.74 Å². The summed E-state index contributed by atoms with van der Waals surface area (Å²) in [7, 11) is 0. The van der Waals surface area contributed by atoms with E-state index in [1.165, 1.54) is 0 Å². The van der Waals surface area contributed by atoms with Gasteiger partial charge in [0.05, 0.1) is 0 Å². The number of hydrogen-bond acceptors (Lipinski definition) is 5. The van der Waals surface area contributed by atoms with Crippen molar-refractivity contribution in [1.29, 1.82) is 0 Å². The Labute approximate surface area is 175 Å². The minimum absolute atomic E-state index is 0.349. The van der Waals surface area contributed by atoms with Crippen LogP contribution >= 0.6 is 0 Å². The number of urea groups is 1. The summed E-state index contributed by atoms with van der Waals surface area (Å²) in [6.07, 6.45) is 1.94. The summed E-state index contributed by atoms with van der Waals surface area (Å²) >= 11 is 0. The summed E-state index contributed by atoms with van der Waals surface area (Å²) < 4.78 is 5.01. The lowest BCUT2D eigenvalue weighted by Gasteiger charge is -2.21. The SMILES string of the molecule is CCCc1ccc(C(=O)COC(=O)CN2C(=O)N[C@](C)(c3ccccc3)C2=O)cc1. The second kappa shape index (κ2) is 8.90. The molecule has 156 valence electrons. The van der Waals surface area contributed by atoms with Crippen LogP contribution in [0, 0.1) is 0 Å². The van der Waals surface area contributed by atoms with Gasteiger partial charge in [-0.1, -0.05) is 67.9 Å². The van der Waals surface area contributed by atoms with Gasteiger partial charge in [-0.05, 0) is 24.5 Å². The molecule has 7 heteroatoms. The van der Waals surface area contributed by atoms with Gasteiger partial charge in [0.1, 0.15) is 12.1 Å². The topological polar surface area (TPSA) is 92.8 Å². The van der Waals surface area contributed by atoms with E-state index in [9.17, 15) is 19.2 Å². The number of ketones is 1. The Hall–Kier alpha value is -3.48. The minimum atomic E-state index is -1.26. The summed E-state index contributed by atoms with van der Waals surface area (Å²) in [5.41, 5.74) is 0.926. The van der Waals surface area contributed by atoms with Crippen molar-refractivity contribution < 1.29 is 23.9 Å². The van der Waals surface area contributed by atoms with Crippen LogP contribution < -0.4 is 5.32 Å². The molecule has 0 saturated carbocycles. The zero-order valence-corrected chi connectivity index (χ0v) is 17.0. The molecule has 0 unspecified atom stereocenters. The van der Waals surface area contributed by atoms with Crippen LogP contribution in [-0.2, 0) is 26.3 Å². The molecular formula is C23H24N2O5. The van der Waals surface area contributed by atoms with Gasteiger partial charge in [0, 0.05) is 5.56 Å². The van der Waals surface area contributed by atoms with Crippen molar-refractivity contribution in [3.63, 3.8) is 0 Å². The van der Waals surface area contributed by atoms with Gasteiger partial charge < -0.3 is 10.1 Å². The molecule has 3 rings (SSSR count). The Morgan fingerprint density at radius 3 is 2.33 bits per heavy atom. The van der Waals surface area contributed by atoms with Crippen molar-refractivity contribution in [2.75, 3.05) is 13.2 Å². The van der Waals surface area contributed by atoms with Gasteiger partial charge in [-0.25, -0.2) is 4.79 Å². The fraction of sp³-hybridized carbons (Fsp3) is 0.304. The third-order valence-electron chi connectivity index (χ3n) is 5.09. The molecule has 0 radical (unpaired) electrons. The van der Waals surface area contributed by atoms with Crippen LogP contribution in [0.3, 0.4) is 0 Å². The van der Waals surface area contributed by atoms with E-state index >= 15 is 0 Å². The van der Waals surface area contributed by atoms with E-state index in [0.29, 0.717) is 11.1 Å². The van der Waals surface area contributed by atoms with Gasteiger partial charge >= 0.3 is 12.0 Å². The standard InChI is InChI=1S/C23H24N2O5/c1-3-7-16-10-12-17(13-11-16)19(26)15-30-20(27)14-25-21(28)23(2,24-22(25)29)18-8-5-4-6-9-18/h4-6,8-13H,3,7,14-15H2,1-2H3,(H,24,29)/t23-/m1/s1. The Bertz CT molecular complexity index is 955. The number of nitrogens with one attached hydrogen (secondary N) is 1. The van der Waals surface area contributed by atoms with E-state index < -0.39 is 36.6 Å². The number of rotatable bonds is 8. The molecule has 1 aliphatic heterocycles. The first-order valence-electron chi connectivity index (χ1n) is 9.82. The van der Waals surface area contributed by atoms with Crippen molar-refractivity contribution in [3.05, 3.63) is 71.3 Å². The molecule has 30 heavy (non-hydrogen) atoms. The summed E-state index contributed by atoms with van der Waals surface area (Å²) in [5, 5.41) is 2.62. The van der Waals surface area contributed by atoms with Gasteiger partial charge in [-0.3, -0.25) is 19.3 Å². The Kier molecular flexibility index (Phi) is 6.30. The molecule has 2 aromatic rings. The number of imide groups is 1. The van der Waals surface area contributed by atoms with Gasteiger partial charge in [-0.15, -0.1) is 0 Å². The lowest BCUT2D eigenvalue weighted by Crippen LogP contribution is -2.41. The van der Waals surface area contributed by atoms with Crippen LogP contribution in [0.15, 0.2) is 54.6 Å². The molecule has 3 amide bonds. The van der Waals surface area contributed by atoms with Crippen molar-refractivity contribution >= 4 is 23.7 Å². The summed E-state index contributed by atoms with van der Waals surface area (Å²) in [5.74, 6) is -1.72. The fourth-order valence-corrected chi connectivity index (χ4v) is 3.36. The molecule has 7 nitrogen and oxygen atoms in total. The molecule has 1 N–H and O–H groups in total. The Morgan fingerprint density at radius 1 is 1.03 bits per heavy atom. The predicted octanol–water partition coefficient (Wildman–Crippen LogP) is 2.83. The highest BCUT2D eigenvalue weighted by Gasteiger charge is 2.49. The highest BCUT2D eigenvalue weighted by molar-refractivity contribution is 6.09. The van der Waals surface area contributed by atoms with Gasteiger partial charge in [0.2, 0.25) is 0 Å². The normalized spacial score (nSPS) is 18.3. The first-order chi connectivity index (χ1) is 14.3. The number of nitrogens with zero attached hydrogens (tertiary/aromatic N) is 1. The van der Waals surface area contributed by atoms with Gasteiger partial charge in [0.25, 0.3) is 5.91 Å². The van der Waals surface area contributed by atoms with Crippen LogP contribution in [0.4, 0.5) is 4.79 Å². The third kappa shape index (κ3) is 4.40. The maximum Gasteiger partial charge on any atom is 0.326 e. The summed E-state index contributed by atoms with van der Waals surface area (Å²) in [6.45, 7) is 2.65. The van der Waals surface area contributed by atoms with Crippen LogP contribution in [0.2, 0.25) is 0 Å². The minimum Gasteiger partial charge on any atom is -0.456 e. The molecule has 0 aliphatic carbocycles. The molecule has 1 aliphatic rings. The number of carbonyl (C=O) groups excluding carboxylic acids is 4. The smallest absolute Gasteiger partial charge is 0.326 e. The number of ether oxygens (including phenoxy) is 1. The molecule has 0 spiro atoms. The second-order valence-electron chi connectivity index (χ2n) is 7.34. The summed E-state index contributed by atoms with van der Waals surface area (Å²) in [6, 6.07) is 15.2. The number of esters is 1. The third-order valence-corrected chi connectivity index (χ3v) is 5.09. The lowest BCUT2D eigenvalue weighted by molar-refractivity contribution is -0.146. The van der Waals surface area contributed by atoms with Crippen molar-refractivity contribution in [2.24, 2.45) is 0 Å². The number of aryl methyl sites for hydroxylation is 1. The number of carbonyl (C=O) groups is 4. The molecule has 2 aromatic carbocycles. The van der Waals surface area contributed by atoms with Crippen LogP contribution in [0.1, 0.15) is 41.8 Å². The number of hydrogen-bond donors (Lipinski definition) is 1. The first kappa shape index (κ1) is 21.2. The molecule has 1 saturated heterocycles. The monoisotopic (exact) mass is 408 g/mol. The van der Waals surface area contributed by atoms with E-state index in [1.54, 1.807) is 49.4 Å². The largest absolute Gasteiger partial charge is 0.456 e. The maximum absolute atomic E-state index is 12.8. The molecule has 0 aromatic heterocycles. The van der Waals surface area contributed by atoms with Gasteiger partial charge in [0.15, 0.2) is 12.4 Å². The van der Waals surface area contributed by atoms with E-state index in [1.807, 2.05) is 12.1 Å². The average Bonchev–Trinajstić information content (AvgIpc) is 2.97. The lowest BCUT2D eigenvalue weighted by atomic mass is 9.92. The highest BCUT2D eigenvalue weighted by Crippen LogP contribution is 2.28. The second-order valence-corrected chi connectivity index (χ2v) is 7.34. The molecule has 1 fully saturated rings. The zero-order valence-electron chi connectivity index (χ0n) is 17.0. The van der Waals surface area contributed by atoms with E-state index in [-0.39, 0.29) is 5.78 Å². The highest BCUT2D eigenvalue weighted by atomic mass is 16.5. The first-order valence-corrected chi connectivity index (χ1v) is 9.82. The maximum atomic E-state index is 12.8. The van der Waals surface area contributed by atoms with Crippen molar-refractivity contribution in [2.45, 2.75) is 32.2 Å². The molecule has 1 heterocycles. The average molecular weight is 408 g/mol.